The van der Waals surface area contributed by atoms with E-state index in [-0.39, 0.29) is 34.5 Å². The normalized spacial score (nSPS) is 12.2. The Labute approximate surface area is 187 Å². The zero-order valence-corrected chi connectivity index (χ0v) is 18.4. The first-order valence-electron chi connectivity index (χ1n) is 9.11. The lowest BCUT2D eigenvalue weighted by Crippen LogP contribution is -2.36. The first kappa shape index (κ1) is 23.2. The van der Waals surface area contributed by atoms with Gasteiger partial charge >= 0.3 is 6.09 Å². The van der Waals surface area contributed by atoms with Crippen LogP contribution in [-0.2, 0) is 10.0 Å². The predicted octanol–water partition coefficient (Wildman–Crippen LogP) is 2.77. The van der Waals surface area contributed by atoms with Gasteiger partial charge in [0.05, 0.1) is 17.6 Å². The third kappa shape index (κ3) is 5.82. The molecule has 1 aromatic carbocycles. The van der Waals surface area contributed by atoms with Gasteiger partial charge in [-0.05, 0) is 25.1 Å². The summed E-state index contributed by atoms with van der Waals surface area (Å²) >= 11 is 6.08. The number of anilines is 2. The summed E-state index contributed by atoms with van der Waals surface area (Å²) in [5.74, 6) is -0.631. The molecule has 3 aromatic rings. The van der Waals surface area contributed by atoms with E-state index in [1.807, 2.05) is 0 Å². The Morgan fingerprint density at radius 1 is 1.34 bits per heavy atom. The molecule has 11 nitrogen and oxygen atoms in total. The van der Waals surface area contributed by atoms with Gasteiger partial charge in [-0.25, -0.2) is 27.6 Å². The van der Waals surface area contributed by atoms with Crippen molar-refractivity contribution in [3.05, 3.63) is 41.4 Å². The second-order valence-corrected chi connectivity index (χ2v) is 9.02. The van der Waals surface area contributed by atoms with Gasteiger partial charge in [0.1, 0.15) is 5.69 Å². The van der Waals surface area contributed by atoms with Gasteiger partial charge in [0.15, 0.2) is 5.82 Å². The van der Waals surface area contributed by atoms with E-state index in [1.165, 1.54) is 18.5 Å². The molecule has 1 amide bonds. The Kier molecular flexibility index (Phi) is 6.79. The quantitative estimate of drug-likeness (QED) is 0.326. The number of nitrogens with one attached hydrogen (secondary N) is 4. The van der Waals surface area contributed by atoms with Gasteiger partial charge < -0.3 is 15.7 Å². The van der Waals surface area contributed by atoms with Crippen LogP contribution in [0.5, 0.6) is 0 Å². The monoisotopic (exact) mass is 483 g/mol. The molecule has 0 bridgehead atoms. The molecule has 32 heavy (non-hydrogen) atoms. The molecule has 1 atom stereocenters. The zero-order valence-electron chi connectivity index (χ0n) is 16.8. The Balaban J connectivity index is 1.94. The SMILES string of the molecule is C[C@@H](CNc1nccc(-c2c[nH]nc2-c2cc(Cl)cc(NS(C)(=O)=O)c2F)n1)NC(=O)O. The van der Waals surface area contributed by atoms with Gasteiger partial charge in [-0.1, -0.05) is 11.6 Å². The van der Waals surface area contributed by atoms with E-state index in [0.29, 0.717) is 11.3 Å². The molecule has 0 fully saturated rings. The zero-order chi connectivity index (χ0) is 23.5. The Hall–Kier alpha value is -3.45. The molecule has 5 N–H and O–H groups in total. The lowest BCUT2D eigenvalue weighted by atomic mass is 10.0. The number of carbonyl (C=O) groups is 1. The molecule has 0 aliphatic rings. The van der Waals surface area contributed by atoms with Crippen LogP contribution < -0.4 is 15.4 Å². The Bertz CT molecular complexity index is 1250. The molecule has 0 radical (unpaired) electrons. The van der Waals surface area contributed by atoms with Crippen molar-refractivity contribution in [1.29, 1.82) is 0 Å². The Morgan fingerprint density at radius 2 is 2.09 bits per heavy atom. The van der Waals surface area contributed by atoms with E-state index in [9.17, 15) is 13.2 Å². The summed E-state index contributed by atoms with van der Waals surface area (Å²) in [5, 5.41) is 20.8. The summed E-state index contributed by atoms with van der Waals surface area (Å²) in [6, 6.07) is 3.66. The molecular weight excluding hydrogens is 465 g/mol. The summed E-state index contributed by atoms with van der Waals surface area (Å²) in [4.78, 5) is 19.1. The van der Waals surface area contributed by atoms with Crippen LogP contribution in [0.25, 0.3) is 22.5 Å². The van der Waals surface area contributed by atoms with Crippen molar-refractivity contribution < 1.29 is 22.7 Å². The maximum atomic E-state index is 15.1. The molecule has 0 saturated heterocycles. The fourth-order valence-electron chi connectivity index (χ4n) is 2.83. The van der Waals surface area contributed by atoms with Crippen LogP contribution in [0.3, 0.4) is 0 Å². The molecule has 0 saturated carbocycles. The highest BCUT2D eigenvalue weighted by Crippen LogP contribution is 2.36. The molecule has 0 spiro atoms. The average molecular weight is 484 g/mol. The van der Waals surface area contributed by atoms with Crippen molar-refractivity contribution in [3.8, 4) is 22.5 Å². The van der Waals surface area contributed by atoms with E-state index >= 15 is 4.39 Å². The number of H-pyrrole nitrogens is 1. The predicted molar refractivity (Wildman–Crippen MR) is 118 cm³/mol. The lowest BCUT2D eigenvalue weighted by Gasteiger charge is -2.13. The standard InChI is InChI=1S/C18H19ClFN7O4S/c1-9(24-18(28)29)7-22-17-21-4-3-13(25-17)12-8-23-26-16(12)11-5-10(19)6-14(15(11)20)27-32(2,30)31/h3-6,8-9,24,27H,7H2,1-2H3,(H,23,26)(H,28,29)(H,21,22,25)/t9-/m0/s1. The van der Waals surface area contributed by atoms with Gasteiger partial charge in [0.2, 0.25) is 16.0 Å². The van der Waals surface area contributed by atoms with E-state index in [1.54, 1.807) is 13.0 Å². The smallest absolute Gasteiger partial charge is 0.404 e. The van der Waals surface area contributed by atoms with Crippen LogP contribution in [0, 0.1) is 5.82 Å². The summed E-state index contributed by atoms with van der Waals surface area (Å²) in [5.41, 5.74) is 0.619. The number of hydrogen-bond acceptors (Lipinski definition) is 7. The van der Waals surface area contributed by atoms with Gasteiger partial charge in [0.25, 0.3) is 0 Å². The fraction of sp³-hybridized carbons (Fsp3) is 0.222. The molecular formula is C18H19ClFN7O4S. The van der Waals surface area contributed by atoms with Crippen LogP contribution in [-0.4, -0.2) is 58.6 Å². The lowest BCUT2D eigenvalue weighted by molar-refractivity contribution is 0.191. The van der Waals surface area contributed by atoms with Crippen molar-refractivity contribution in [1.82, 2.24) is 25.5 Å². The summed E-state index contributed by atoms with van der Waals surface area (Å²) < 4.78 is 40.3. The number of benzene rings is 1. The van der Waals surface area contributed by atoms with Crippen molar-refractivity contribution in [2.75, 3.05) is 22.8 Å². The van der Waals surface area contributed by atoms with Crippen molar-refractivity contribution in [2.45, 2.75) is 13.0 Å². The van der Waals surface area contributed by atoms with Gasteiger partial charge in [-0.2, -0.15) is 5.10 Å². The van der Waals surface area contributed by atoms with E-state index in [0.717, 1.165) is 12.3 Å². The number of halogens is 2. The summed E-state index contributed by atoms with van der Waals surface area (Å²) in [6.45, 7) is 1.90. The van der Waals surface area contributed by atoms with Crippen LogP contribution >= 0.6 is 11.6 Å². The number of rotatable bonds is 8. The Morgan fingerprint density at radius 3 is 2.78 bits per heavy atom. The number of aromatic nitrogens is 4. The van der Waals surface area contributed by atoms with E-state index in [4.69, 9.17) is 16.7 Å². The van der Waals surface area contributed by atoms with E-state index in [2.05, 4.69) is 35.5 Å². The van der Waals surface area contributed by atoms with Crippen LogP contribution in [0.2, 0.25) is 5.02 Å². The van der Waals surface area contributed by atoms with E-state index < -0.39 is 28.0 Å². The minimum absolute atomic E-state index is 0.0349. The molecule has 3 rings (SSSR count). The molecule has 0 unspecified atom stereocenters. The van der Waals surface area contributed by atoms with Crippen LogP contribution in [0.4, 0.5) is 20.8 Å². The average Bonchev–Trinajstić information content (AvgIpc) is 3.17. The number of hydrogen-bond donors (Lipinski definition) is 5. The highest BCUT2D eigenvalue weighted by atomic mass is 35.5. The number of nitrogens with zero attached hydrogens (tertiary/aromatic N) is 3. The second-order valence-electron chi connectivity index (χ2n) is 6.83. The number of aromatic amines is 1. The first-order valence-corrected chi connectivity index (χ1v) is 11.4. The van der Waals surface area contributed by atoms with Gasteiger partial charge in [0, 0.05) is 41.1 Å². The third-order valence-corrected chi connectivity index (χ3v) is 4.90. The molecule has 14 heteroatoms. The third-order valence-electron chi connectivity index (χ3n) is 4.10. The number of amides is 1. The van der Waals surface area contributed by atoms with Crippen molar-refractivity contribution in [2.24, 2.45) is 0 Å². The topological polar surface area (TPSA) is 162 Å². The maximum absolute atomic E-state index is 15.1. The van der Waals surface area contributed by atoms with Crippen molar-refractivity contribution in [3.63, 3.8) is 0 Å². The molecule has 2 heterocycles. The number of sulfonamides is 1. The van der Waals surface area contributed by atoms with Crippen molar-refractivity contribution >= 4 is 39.4 Å². The van der Waals surface area contributed by atoms with Gasteiger partial charge in [-0.15, -0.1) is 0 Å². The largest absolute Gasteiger partial charge is 0.465 e. The highest BCUT2D eigenvalue weighted by molar-refractivity contribution is 7.92. The molecule has 2 aromatic heterocycles. The van der Waals surface area contributed by atoms with Gasteiger partial charge in [-0.3, -0.25) is 9.82 Å². The fourth-order valence-corrected chi connectivity index (χ4v) is 3.59. The first-order chi connectivity index (χ1) is 15.0. The molecule has 170 valence electrons. The van der Waals surface area contributed by atoms with Crippen LogP contribution in [0.15, 0.2) is 30.6 Å². The molecule has 0 aliphatic heterocycles. The highest BCUT2D eigenvalue weighted by Gasteiger charge is 2.20. The minimum atomic E-state index is -3.74. The molecule has 0 aliphatic carbocycles. The van der Waals surface area contributed by atoms with Crippen LogP contribution in [0.1, 0.15) is 6.92 Å². The maximum Gasteiger partial charge on any atom is 0.404 e. The minimum Gasteiger partial charge on any atom is -0.465 e. The second kappa shape index (κ2) is 9.36. The number of carboxylic acid groups (broad SMARTS) is 1. The summed E-state index contributed by atoms with van der Waals surface area (Å²) in [7, 11) is -3.74. The summed E-state index contributed by atoms with van der Waals surface area (Å²) in [6.07, 6.45) is 2.72.